The molecule has 0 aliphatic rings. The molecule has 1 N–H and O–H groups in total. The number of hydrogen-bond acceptors (Lipinski definition) is 1. The molecule has 18 heavy (non-hydrogen) atoms. The quantitative estimate of drug-likeness (QED) is 0.818. The molecule has 0 aliphatic heterocycles. The highest BCUT2D eigenvalue weighted by Gasteiger charge is 1.98. The Morgan fingerprint density at radius 3 is 2.00 bits per heavy atom. The van der Waals surface area contributed by atoms with Crippen LogP contribution in [-0.4, -0.2) is 0 Å². The van der Waals surface area contributed by atoms with Gasteiger partial charge in [-0.25, -0.2) is 0 Å². The largest absolute Gasteiger partial charge is 0.309 e. The summed E-state index contributed by atoms with van der Waals surface area (Å²) in [6.45, 7) is 1.56. The first-order chi connectivity index (χ1) is 8.63. The van der Waals surface area contributed by atoms with E-state index in [9.17, 15) is 0 Å². The molecule has 94 valence electrons. The van der Waals surface area contributed by atoms with Gasteiger partial charge in [0.05, 0.1) is 0 Å². The van der Waals surface area contributed by atoms with Gasteiger partial charge in [-0.15, -0.1) is 0 Å². The Bertz CT molecular complexity index is 506. The normalized spacial score (nSPS) is 10.6. The smallest absolute Gasteiger partial charge is 0.0424 e. The van der Waals surface area contributed by atoms with Crippen molar-refractivity contribution >= 4 is 39.1 Å². The molecule has 0 heterocycles. The predicted molar refractivity (Wildman–Crippen MR) is 81.1 cm³/mol. The molecule has 2 aromatic rings. The molecule has 0 aliphatic carbocycles. The summed E-state index contributed by atoms with van der Waals surface area (Å²) < 4.78 is 1.09. The second-order valence-electron chi connectivity index (χ2n) is 4.01. The zero-order valence-electron chi connectivity index (χ0n) is 9.59. The fourth-order valence-electron chi connectivity index (χ4n) is 1.67. The lowest BCUT2D eigenvalue weighted by molar-refractivity contribution is 0.693. The summed E-state index contributed by atoms with van der Waals surface area (Å²) in [7, 11) is 0. The van der Waals surface area contributed by atoms with E-state index in [1.54, 1.807) is 6.07 Å². The van der Waals surface area contributed by atoms with Gasteiger partial charge < -0.3 is 5.32 Å². The third kappa shape index (κ3) is 4.29. The van der Waals surface area contributed by atoms with E-state index in [-0.39, 0.29) is 0 Å². The van der Waals surface area contributed by atoms with Crippen molar-refractivity contribution < 1.29 is 0 Å². The molecule has 0 aromatic heterocycles. The van der Waals surface area contributed by atoms with Crippen LogP contribution in [0, 0.1) is 0 Å². The highest BCUT2D eigenvalue weighted by Crippen LogP contribution is 2.19. The van der Waals surface area contributed by atoms with Crippen molar-refractivity contribution in [1.29, 1.82) is 0 Å². The summed E-state index contributed by atoms with van der Waals surface area (Å²) in [6.07, 6.45) is 0. The summed E-state index contributed by atoms with van der Waals surface area (Å²) in [5, 5.41) is 4.70. The number of benzene rings is 2. The van der Waals surface area contributed by atoms with Crippen molar-refractivity contribution in [2.45, 2.75) is 13.1 Å². The summed E-state index contributed by atoms with van der Waals surface area (Å²) >= 11 is 15.3. The van der Waals surface area contributed by atoms with Gasteiger partial charge in [-0.05, 0) is 41.5 Å². The summed E-state index contributed by atoms with van der Waals surface area (Å²) in [5.41, 5.74) is 2.33. The monoisotopic (exact) mass is 343 g/mol. The fourth-order valence-corrected chi connectivity index (χ4v) is 2.50. The minimum atomic E-state index is 0.669. The lowest BCUT2D eigenvalue weighted by Crippen LogP contribution is -2.12. The molecule has 0 bridgehead atoms. The van der Waals surface area contributed by atoms with Gasteiger partial charge in [0.2, 0.25) is 0 Å². The Balaban J connectivity index is 1.90. The molecule has 0 atom stereocenters. The molecule has 0 unspecified atom stereocenters. The zero-order chi connectivity index (χ0) is 13.0. The molecule has 4 heteroatoms. The summed E-state index contributed by atoms with van der Waals surface area (Å²) in [4.78, 5) is 0. The molecule has 1 nitrogen and oxygen atoms in total. The highest BCUT2D eigenvalue weighted by atomic mass is 79.9. The first-order valence-electron chi connectivity index (χ1n) is 5.53. The van der Waals surface area contributed by atoms with E-state index in [1.165, 1.54) is 5.56 Å². The van der Waals surface area contributed by atoms with E-state index in [0.29, 0.717) is 10.0 Å². The topological polar surface area (TPSA) is 12.0 Å². The van der Waals surface area contributed by atoms with Gasteiger partial charge in [0.15, 0.2) is 0 Å². The van der Waals surface area contributed by atoms with E-state index in [2.05, 4.69) is 33.4 Å². The summed E-state index contributed by atoms with van der Waals surface area (Å²) in [6, 6.07) is 13.8. The van der Waals surface area contributed by atoms with Crippen LogP contribution in [0.3, 0.4) is 0 Å². The Hall–Kier alpha value is -0.540. The van der Waals surface area contributed by atoms with E-state index in [0.717, 1.165) is 23.1 Å². The van der Waals surface area contributed by atoms with Gasteiger partial charge >= 0.3 is 0 Å². The first kappa shape index (κ1) is 13.9. The van der Waals surface area contributed by atoms with Crippen LogP contribution in [-0.2, 0) is 13.1 Å². The number of halogens is 3. The van der Waals surface area contributed by atoms with Crippen LogP contribution in [0.25, 0.3) is 0 Å². The van der Waals surface area contributed by atoms with Crippen LogP contribution >= 0.6 is 39.1 Å². The van der Waals surface area contributed by atoms with Gasteiger partial charge in [-0.2, -0.15) is 0 Å². The standard InChI is InChI=1S/C14H12BrCl2N/c15-12-3-1-10(2-4-12)8-18-9-11-5-13(16)7-14(17)6-11/h1-7,18H,8-9H2. The molecule has 0 saturated heterocycles. The van der Waals surface area contributed by atoms with E-state index in [4.69, 9.17) is 23.2 Å². The fraction of sp³-hybridized carbons (Fsp3) is 0.143. The summed E-state index contributed by atoms with van der Waals surface area (Å²) in [5.74, 6) is 0. The molecule has 0 radical (unpaired) electrons. The zero-order valence-corrected chi connectivity index (χ0v) is 12.7. The predicted octanol–water partition coefficient (Wildman–Crippen LogP) is 5.05. The van der Waals surface area contributed by atoms with Gasteiger partial charge in [0.25, 0.3) is 0 Å². The van der Waals surface area contributed by atoms with Gasteiger partial charge in [-0.3, -0.25) is 0 Å². The van der Waals surface area contributed by atoms with Crippen LogP contribution in [0.2, 0.25) is 10.0 Å². The van der Waals surface area contributed by atoms with Crippen molar-refractivity contribution in [2.24, 2.45) is 0 Å². The third-order valence-electron chi connectivity index (χ3n) is 2.49. The van der Waals surface area contributed by atoms with Crippen LogP contribution < -0.4 is 5.32 Å². The maximum Gasteiger partial charge on any atom is 0.0424 e. The van der Waals surface area contributed by atoms with Crippen LogP contribution in [0.4, 0.5) is 0 Å². The molecule has 0 spiro atoms. The first-order valence-corrected chi connectivity index (χ1v) is 7.08. The average molecular weight is 345 g/mol. The van der Waals surface area contributed by atoms with Gasteiger partial charge in [0.1, 0.15) is 0 Å². The van der Waals surface area contributed by atoms with Crippen molar-refractivity contribution in [3.8, 4) is 0 Å². The van der Waals surface area contributed by atoms with Gasteiger partial charge in [0, 0.05) is 27.6 Å². The Morgan fingerprint density at radius 1 is 0.833 bits per heavy atom. The van der Waals surface area contributed by atoms with E-state index < -0.39 is 0 Å². The van der Waals surface area contributed by atoms with Gasteiger partial charge in [-0.1, -0.05) is 51.3 Å². The third-order valence-corrected chi connectivity index (χ3v) is 3.46. The SMILES string of the molecule is Clc1cc(Cl)cc(CNCc2ccc(Br)cc2)c1. The number of rotatable bonds is 4. The lowest BCUT2D eigenvalue weighted by Gasteiger charge is -2.06. The molecule has 2 aromatic carbocycles. The second kappa shape index (κ2) is 6.58. The van der Waals surface area contributed by atoms with Crippen LogP contribution in [0.1, 0.15) is 11.1 Å². The van der Waals surface area contributed by atoms with Crippen molar-refractivity contribution in [2.75, 3.05) is 0 Å². The molecule has 0 saturated carbocycles. The van der Waals surface area contributed by atoms with Crippen LogP contribution in [0.15, 0.2) is 46.9 Å². The lowest BCUT2D eigenvalue weighted by atomic mass is 10.2. The average Bonchev–Trinajstić information content (AvgIpc) is 2.30. The minimum Gasteiger partial charge on any atom is -0.309 e. The molecular weight excluding hydrogens is 333 g/mol. The minimum absolute atomic E-state index is 0.669. The van der Waals surface area contributed by atoms with E-state index in [1.807, 2.05) is 24.3 Å². The Morgan fingerprint density at radius 2 is 1.39 bits per heavy atom. The Kier molecular flexibility index (Phi) is 5.07. The Labute approximate surface area is 125 Å². The van der Waals surface area contributed by atoms with Crippen molar-refractivity contribution in [3.63, 3.8) is 0 Å². The van der Waals surface area contributed by atoms with Crippen molar-refractivity contribution in [1.82, 2.24) is 5.32 Å². The van der Waals surface area contributed by atoms with Crippen LogP contribution in [0.5, 0.6) is 0 Å². The maximum atomic E-state index is 5.95. The molecular formula is C14H12BrCl2N. The number of hydrogen-bond donors (Lipinski definition) is 1. The van der Waals surface area contributed by atoms with E-state index >= 15 is 0 Å². The molecule has 0 amide bonds. The highest BCUT2D eigenvalue weighted by molar-refractivity contribution is 9.10. The molecule has 0 fully saturated rings. The number of nitrogens with one attached hydrogen (secondary N) is 1. The maximum absolute atomic E-state index is 5.95. The molecule has 2 rings (SSSR count). The van der Waals surface area contributed by atoms with Crippen molar-refractivity contribution in [3.05, 3.63) is 68.1 Å². The second-order valence-corrected chi connectivity index (χ2v) is 5.80.